The van der Waals surface area contributed by atoms with Gasteiger partial charge < -0.3 is 29.7 Å². The van der Waals surface area contributed by atoms with Gasteiger partial charge in [-0.05, 0) is 19.1 Å². The molecule has 7 heteroatoms. The first-order valence-corrected chi connectivity index (χ1v) is 6.74. The fourth-order valence-electron chi connectivity index (χ4n) is 2.28. The molecule has 120 valence electrons. The molecule has 0 aromatic heterocycles. The van der Waals surface area contributed by atoms with Gasteiger partial charge in [-0.25, -0.2) is 0 Å². The molecule has 0 aliphatic carbocycles. The minimum atomic E-state index is -1.09. The van der Waals surface area contributed by atoms with Crippen LogP contribution >= 0.6 is 0 Å². The Labute approximate surface area is 128 Å². The second kappa shape index (κ2) is 6.95. The molecule has 1 heterocycles. The SMILES string of the molecule is [CH][C@@H]1O[C@H](CO)[C@H](O)C1NC(=O)c1cc(OC)cc(OC)c1. The maximum Gasteiger partial charge on any atom is 0.251 e. The topological polar surface area (TPSA) is 97.2 Å². The van der Waals surface area contributed by atoms with Crippen LogP contribution in [0.1, 0.15) is 10.4 Å². The highest BCUT2D eigenvalue weighted by Gasteiger charge is 2.42. The summed E-state index contributed by atoms with van der Waals surface area (Å²) in [5, 5.41) is 21.7. The van der Waals surface area contributed by atoms with E-state index in [1.807, 2.05) is 0 Å². The molecule has 22 heavy (non-hydrogen) atoms. The summed E-state index contributed by atoms with van der Waals surface area (Å²) in [5.41, 5.74) is 0.294. The molecule has 1 aliphatic rings. The molecule has 4 atom stereocenters. The number of nitrogens with one attached hydrogen (secondary N) is 1. The number of rotatable bonds is 5. The van der Waals surface area contributed by atoms with E-state index in [1.54, 1.807) is 6.07 Å². The molecule has 1 aliphatic heterocycles. The highest BCUT2D eigenvalue weighted by molar-refractivity contribution is 5.95. The molecule has 1 amide bonds. The van der Waals surface area contributed by atoms with Crippen molar-refractivity contribution in [1.82, 2.24) is 5.32 Å². The van der Waals surface area contributed by atoms with Gasteiger partial charge in [0, 0.05) is 11.6 Å². The average Bonchev–Trinajstić information content (AvgIpc) is 2.81. The maximum absolute atomic E-state index is 12.3. The van der Waals surface area contributed by atoms with E-state index in [4.69, 9.17) is 26.2 Å². The van der Waals surface area contributed by atoms with Crippen molar-refractivity contribution in [1.29, 1.82) is 0 Å². The fraction of sp³-hybridized carbons (Fsp3) is 0.467. The molecule has 1 unspecified atom stereocenters. The van der Waals surface area contributed by atoms with E-state index < -0.39 is 30.3 Å². The van der Waals surface area contributed by atoms with Crippen molar-refractivity contribution in [2.75, 3.05) is 20.8 Å². The first-order valence-electron chi connectivity index (χ1n) is 6.74. The Morgan fingerprint density at radius 1 is 1.32 bits per heavy atom. The van der Waals surface area contributed by atoms with Gasteiger partial charge in [-0.2, -0.15) is 0 Å². The number of benzene rings is 1. The third-order valence-electron chi connectivity index (χ3n) is 3.53. The smallest absolute Gasteiger partial charge is 0.251 e. The van der Waals surface area contributed by atoms with E-state index in [0.29, 0.717) is 17.1 Å². The molecule has 0 spiro atoms. The number of ether oxygens (including phenoxy) is 3. The minimum absolute atomic E-state index is 0.294. The molecule has 1 fully saturated rings. The molecule has 1 saturated heterocycles. The van der Waals surface area contributed by atoms with Crippen LogP contribution in [-0.4, -0.2) is 61.3 Å². The summed E-state index contributed by atoms with van der Waals surface area (Å²) in [4.78, 5) is 12.3. The predicted octanol–water partition coefficient (Wildman–Crippen LogP) is -0.366. The van der Waals surface area contributed by atoms with Gasteiger partial charge in [-0.1, -0.05) is 0 Å². The molecule has 3 N–H and O–H groups in total. The van der Waals surface area contributed by atoms with E-state index in [0.717, 1.165) is 0 Å². The minimum Gasteiger partial charge on any atom is -0.497 e. The highest BCUT2D eigenvalue weighted by atomic mass is 16.5. The fourth-order valence-corrected chi connectivity index (χ4v) is 2.28. The number of aliphatic hydroxyl groups excluding tert-OH is 2. The van der Waals surface area contributed by atoms with Gasteiger partial charge in [0.1, 0.15) is 23.7 Å². The van der Waals surface area contributed by atoms with Crippen LogP contribution in [0.5, 0.6) is 11.5 Å². The summed E-state index contributed by atoms with van der Waals surface area (Å²) >= 11 is 0. The Hall–Kier alpha value is -1.83. The van der Waals surface area contributed by atoms with Crippen molar-refractivity contribution >= 4 is 5.91 Å². The molecule has 1 aromatic rings. The second-order valence-electron chi connectivity index (χ2n) is 4.91. The Balaban J connectivity index is 2.15. The zero-order chi connectivity index (χ0) is 16.3. The Kier molecular flexibility index (Phi) is 5.23. The molecule has 2 radical (unpaired) electrons. The Morgan fingerprint density at radius 2 is 1.91 bits per heavy atom. The number of carbonyl (C=O) groups is 1. The standard InChI is InChI=1S/C15H19NO6/c1-8-13(14(18)12(7-17)22-8)16-15(19)9-4-10(20-2)6-11(5-9)21-3/h1,4-6,8,12-14,17-18H,7H2,2-3H3,(H,16,19)/t8-,12+,13?,14-/m0/s1. The third-order valence-corrected chi connectivity index (χ3v) is 3.53. The Bertz CT molecular complexity index is 513. The summed E-state index contributed by atoms with van der Waals surface area (Å²) in [6.07, 6.45) is -2.81. The average molecular weight is 309 g/mol. The summed E-state index contributed by atoms with van der Waals surface area (Å²) in [7, 11) is 2.96. The molecular weight excluding hydrogens is 290 g/mol. The molecule has 1 aromatic carbocycles. The van der Waals surface area contributed by atoms with Crippen LogP contribution < -0.4 is 14.8 Å². The molecule has 0 bridgehead atoms. The van der Waals surface area contributed by atoms with Crippen molar-refractivity contribution in [2.24, 2.45) is 0 Å². The number of hydrogen-bond acceptors (Lipinski definition) is 6. The van der Waals surface area contributed by atoms with Crippen LogP contribution in [0.4, 0.5) is 0 Å². The number of carbonyl (C=O) groups excluding carboxylic acids is 1. The lowest BCUT2D eigenvalue weighted by Gasteiger charge is -2.19. The van der Waals surface area contributed by atoms with E-state index >= 15 is 0 Å². The van der Waals surface area contributed by atoms with E-state index in [-0.39, 0.29) is 6.61 Å². The van der Waals surface area contributed by atoms with Gasteiger partial charge >= 0.3 is 0 Å². The van der Waals surface area contributed by atoms with Gasteiger partial charge in [0.25, 0.3) is 5.91 Å². The van der Waals surface area contributed by atoms with Crippen LogP contribution in [0.2, 0.25) is 0 Å². The zero-order valence-corrected chi connectivity index (χ0v) is 12.4. The summed E-state index contributed by atoms with van der Waals surface area (Å²) < 4.78 is 15.4. The maximum atomic E-state index is 12.3. The van der Waals surface area contributed by atoms with Gasteiger partial charge in [0.05, 0.1) is 33.0 Å². The monoisotopic (exact) mass is 309 g/mol. The quantitative estimate of drug-likeness (QED) is 0.687. The lowest BCUT2D eigenvalue weighted by Crippen LogP contribution is -2.47. The summed E-state index contributed by atoms with van der Waals surface area (Å²) in [6, 6.07) is 3.89. The second-order valence-corrected chi connectivity index (χ2v) is 4.91. The van der Waals surface area contributed by atoms with Crippen molar-refractivity contribution in [3.8, 4) is 11.5 Å². The molecular formula is C15H19NO6. The number of hydrogen-bond donors (Lipinski definition) is 3. The molecule has 0 saturated carbocycles. The highest BCUT2D eigenvalue weighted by Crippen LogP contribution is 2.24. The largest absolute Gasteiger partial charge is 0.497 e. The Morgan fingerprint density at radius 3 is 2.36 bits per heavy atom. The van der Waals surface area contributed by atoms with Crippen molar-refractivity contribution in [3.05, 3.63) is 30.7 Å². The number of aliphatic hydroxyl groups is 2. The van der Waals surface area contributed by atoms with Crippen molar-refractivity contribution in [3.63, 3.8) is 0 Å². The lowest BCUT2D eigenvalue weighted by molar-refractivity contribution is -0.0114. The van der Waals surface area contributed by atoms with Crippen molar-refractivity contribution < 1.29 is 29.2 Å². The summed E-state index contributed by atoms with van der Waals surface area (Å²) in [5.74, 6) is 0.467. The van der Waals surface area contributed by atoms with E-state index in [1.165, 1.54) is 26.4 Å². The summed E-state index contributed by atoms with van der Waals surface area (Å²) in [6.45, 7) is 5.34. The normalized spacial score (nSPS) is 27.5. The lowest BCUT2D eigenvalue weighted by atomic mass is 10.0. The van der Waals surface area contributed by atoms with Gasteiger partial charge in [0.2, 0.25) is 0 Å². The number of methoxy groups -OCH3 is 2. The van der Waals surface area contributed by atoms with Crippen LogP contribution in [-0.2, 0) is 4.74 Å². The molecule has 2 rings (SSSR count). The van der Waals surface area contributed by atoms with Crippen LogP contribution in [0.15, 0.2) is 18.2 Å². The van der Waals surface area contributed by atoms with Gasteiger partial charge in [0.15, 0.2) is 0 Å². The van der Waals surface area contributed by atoms with Gasteiger partial charge in [-0.15, -0.1) is 0 Å². The first-order chi connectivity index (χ1) is 10.5. The number of amides is 1. The van der Waals surface area contributed by atoms with E-state index in [2.05, 4.69) is 5.32 Å². The van der Waals surface area contributed by atoms with E-state index in [9.17, 15) is 9.90 Å². The van der Waals surface area contributed by atoms with Crippen LogP contribution in [0.25, 0.3) is 0 Å². The van der Waals surface area contributed by atoms with Crippen molar-refractivity contribution in [2.45, 2.75) is 24.4 Å². The van der Waals surface area contributed by atoms with Crippen LogP contribution in [0.3, 0.4) is 0 Å². The first kappa shape index (κ1) is 16.5. The zero-order valence-electron chi connectivity index (χ0n) is 12.4. The van der Waals surface area contributed by atoms with Crippen LogP contribution in [0, 0.1) is 6.92 Å². The van der Waals surface area contributed by atoms with Gasteiger partial charge in [-0.3, -0.25) is 4.79 Å². The predicted molar refractivity (Wildman–Crippen MR) is 76.9 cm³/mol. The third kappa shape index (κ3) is 3.32. The molecule has 7 nitrogen and oxygen atoms in total.